The summed E-state index contributed by atoms with van der Waals surface area (Å²) in [6, 6.07) is 3.04. The zero-order valence-corrected chi connectivity index (χ0v) is 8.97. The topological polar surface area (TPSA) is 38.3 Å². The fourth-order valence-electron chi connectivity index (χ4n) is 1.63. The van der Waals surface area contributed by atoms with Crippen molar-refractivity contribution in [2.24, 2.45) is 0 Å². The molecule has 0 aromatic heterocycles. The Bertz CT molecular complexity index is 457. The van der Waals surface area contributed by atoms with Crippen LogP contribution in [0.5, 0.6) is 5.75 Å². The second-order valence-electron chi connectivity index (χ2n) is 3.89. The Kier molecular flexibility index (Phi) is 2.73. The highest BCUT2D eigenvalue weighted by atomic mass is 19.4. The highest BCUT2D eigenvalue weighted by Crippen LogP contribution is 2.36. The van der Waals surface area contributed by atoms with E-state index in [4.69, 9.17) is 4.74 Å². The summed E-state index contributed by atoms with van der Waals surface area (Å²) < 4.78 is 42.8. The molecule has 0 bridgehead atoms. The van der Waals surface area contributed by atoms with E-state index in [-0.39, 0.29) is 29.9 Å². The van der Waals surface area contributed by atoms with Gasteiger partial charge in [0.2, 0.25) is 5.91 Å². The predicted octanol–water partition coefficient (Wildman–Crippen LogP) is 2.81. The minimum Gasteiger partial charge on any atom is -0.488 e. The van der Waals surface area contributed by atoms with Crippen molar-refractivity contribution in [1.29, 1.82) is 0 Å². The smallest absolute Gasteiger partial charge is 0.416 e. The quantitative estimate of drug-likeness (QED) is 0.763. The van der Waals surface area contributed by atoms with E-state index in [1.54, 1.807) is 6.92 Å². The number of benzene rings is 1. The van der Waals surface area contributed by atoms with Gasteiger partial charge < -0.3 is 10.1 Å². The van der Waals surface area contributed by atoms with Crippen LogP contribution in [0.3, 0.4) is 0 Å². The van der Waals surface area contributed by atoms with Crippen molar-refractivity contribution >= 4 is 11.6 Å². The number of hydrogen-bond donors (Lipinski definition) is 1. The molecule has 1 unspecified atom stereocenters. The number of alkyl halides is 3. The van der Waals surface area contributed by atoms with Crippen LogP contribution < -0.4 is 10.1 Å². The fourth-order valence-corrected chi connectivity index (χ4v) is 1.63. The maximum Gasteiger partial charge on any atom is 0.416 e. The van der Waals surface area contributed by atoms with Crippen molar-refractivity contribution < 1.29 is 22.7 Å². The molecule has 0 fully saturated rings. The van der Waals surface area contributed by atoms with Gasteiger partial charge in [-0.25, -0.2) is 0 Å². The first kappa shape index (κ1) is 11.8. The van der Waals surface area contributed by atoms with Crippen LogP contribution in [-0.4, -0.2) is 12.0 Å². The predicted molar refractivity (Wildman–Crippen MR) is 54.8 cm³/mol. The van der Waals surface area contributed by atoms with Crippen LogP contribution in [0.15, 0.2) is 18.2 Å². The zero-order valence-electron chi connectivity index (χ0n) is 8.97. The molecule has 0 saturated carbocycles. The van der Waals surface area contributed by atoms with Gasteiger partial charge in [0.05, 0.1) is 17.7 Å². The molecule has 17 heavy (non-hydrogen) atoms. The van der Waals surface area contributed by atoms with Gasteiger partial charge in [-0.15, -0.1) is 0 Å². The van der Waals surface area contributed by atoms with E-state index in [0.717, 1.165) is 12.1 Å². The van der Waals surface area contributed by atoms with E-state index in [1.165, 1.54) is 6.07 Å². The van der Waals surface area contributed by atoms with E-state index < -0.39 is 11.7 Å². The molecule has 1 heterocycles. The maximum absolute atomic E-state index is 12.5. The molecule has 1 aliphatic heterocycles. The lowest BCUT2D eigenvalue weighted by atomic mass is 10.2. The SMILES string of the molecule is CC1CC(=O)Nc2cc(C(F)(F)F)ccc2O1. The Morgan fingerprint density at radius 1 is 1.41 bits per heavy atom. The third-order valence-corrected chi connectivity index (χ3v) is 2.38. The number of carbonyl (C=O) groups is 1. The molecule has 92 valence electrons. The van der Waals surface area contributed by atoms with Crippen molar-refractivity contribution in [2.75, 3.05) is 5.32 Å². The van der Waals surface area contributed by atoms with Crippen molar-refractivity contribution in [3.8, 4) is 5.75 Å². The van der Waals surface area contributed by atoms with Crippen LogP contribution in [-0.2, 0) is 11.0 Å². The van der Waals surface area contributed by atoms with E-state index in [1.807, 2.05) is 0 Å². The molecule has 1 aromatic carbocycles. The molecule has 1 atom stereocenters. The maximum atomic E-state index is 12.5. The van der Waals surface area contributed by atoms with E-state index in [9.17, 15) is 18.0 Å². The van der Waals surface area contributed by atoms with Gasteiger partial charge in [0.25, 0.3) is 0 Å². The number of ether oxygens (including phenoxy) is 1. The van der Waals surface area contributed by atoms with Crippen molar-refractivity contribution in [2.45, 2.75) is 25.6 Å². The molecule has 1 N–H and O–H groups in total. The van der Waals surface area contributed by atoms with Gasteiger partial charge in [0, 0.05) is 0 Å². The minimum absolute atomic E-state index is 0.0641. The Morgan fingerprint density at radius 3 is 2.76 bits per heavy atom. The minimum atomic E-state index is -4.43. The number of amides is 1. The summed E-state index contributed by atoms with van der Waals surface area (Å²) in [5.74, 6) is -0.0908. The van der Waals surface area contributed by atoms with Gasteiger partial charge in [0.15, 0.2) is 0 Å². The van der Waals surface area contributed by atoms with Crippen molar-refractivity contribution in [3.63, 3.8) is 0 Å². The van der Waals surface area contributed by atoms with E-state index >= 15 is 0 Å². The van der Waals surface area contributed by atoms with Gasteiger partial charge in [-0.05, 0) is 25.1 Å². The fraction of sp³-hybridized carbons (Fsp3) is 0.364. The summed E-state index contributed by atoms with van der Waals surface area (Å²) in [5, 5.41) is 2.40. The standard InChI is InChI=1S/C11H10F3NO2/c1-6-4-10(16)15-8-5-7(11(12,13)14)2-3-9(8)17-6/h2-3,5-6H,4H2,1H3,(H,15,16). The molecule has 0 radical (unpaired) electrons. The molecule has 2 rings (SSSR count). The van der Waals surface area contributed by atoms with Gasteiger partial charge in [0.1, 0.15) is 11.9 Å². The monoisotopic (exact) mass is 245 g/mol. The van der Waals surface area contributed by atoms with Crippen molar-refractivity contribution in [1.82, 2.24) is 0 Å². The molecule has 0 aliphatic carbocycles. The van der Waals surface area contributed by atoms with Crippen LogP contribution in [0.1, 0.15) is 18.9 Å². The van der Waals surface area contributed by atoms with E-state index in [0.29, 0.717) is 0 Å². The van der Waals surface area contributed by atoms with Crippen LogP contribution in [0.2, 0.25) is 0 Å². The number of rotatable bonds is 0. The molecule has 1 aliphatic rings. The summed E-state index contributed by atoms with van der Waals surface area (Å²) in [6.07, 6.45) is -4.67. The summed E-state index contributed by atoms with van der Waals surface area (Å²) in [5.41, 5.74) is -0.746. The molecular weight excluding hydrogens is 235 g/mol. The highest BCUT2D eigenvalue weighted by molar-refractivity contribution is 5.93. The number of halogens is 3. The largest absolute Gasteiger partial charge is 0.488 e. The first-order valence-electron chi connectivity index (χ1n) is 5.04. The highest BCUT2D eigenvalue weighted by Gasteiger charge is 2.32. The van der Waals surface area contributed by atoms with Gasteiger partial charge in [-0.2, -0.15) is 13.2 Å². The Morgan fingerprint density at radius 2 is 2.12 bits per heavy atom. The number of fused-ring (bicyclic) bond motifs is 1. The first-order chi connectivity index (χ1) is 7.86. The lowest BCUT2D eigenvalue weighted by molar-refractivity contribution is -0.137. The molecule has 0 spiro atoms. The number of nitrogens with one attached hydrogen (secondary N) is 1. The number of anilines is 1. The Balaban J connectivity index is 2.41. The molecular formula is C11H10F3NO2. The summed E-state index contributed by atoms with van der Waals surface area (Å²) in [4.78, 5) is 11.3. The molecule has 0 saturated heterocycles. The Labute approximate surface area is 95.6 Å². The van der Waals surface area contributed by atoms with Crippen LogP contribution in [0.4, 0.5) is 18.9 Å². The third kappa shape index (κ3) is 2.51. The van der Waals surface area contributed by atoms with Crippen LogP contribution in [0.25, 0.3) is 0 Å². The number of carbonyl (C=O) groups excluding carboxylic acids is 1. The Hall–Kier alpha value is -1.72. The normalized spacial score (nSPS) is 20.0. The molecule has 1 amide bonds. The molecule has 6 heteroatoms. The van der Waals surface area contributed by atoms with Crippen LogP contribution >= 0.6 is 0 Å². The van der Waals surface area contributed by atoms with Crippen LogP contribution in [0, 0.1) is 0 Å². The van der Waals surface area contributed by atoms with Gasteiger partial charge >= 0.3 is 6.18 Å². The summed E-state index contributed by atoms with van der Waals surface area (Å²) in [7, 11) is 0. The summed E-state index contributed by atoms with van der Waals surface area (Å²) >= 11 is 0. The zero-order chi connectivity index (χ0) is 12.6. The first-order valence-corrected chi connectivity index (χ1v) is 5.04. The lowest BCUT2D eigenvalue weighted by Crippen LogP contribution is -2.17. The van der Waals surface area contributed by atoms with Crippen molar-refractivity contribution in [3.05, 3.63) is 23.8 Å². The average Bonchev–Trinajstić information content (AvgIpc) is 2.31. The second kappa shape index (κ2) is 3.94. The van der Waals surface area contributed by atoms with E-state index in [2.05, 4.69) is 5.32 Å². The van der Waals surface area contributed by atoms with Gasteiger partial charge in [-0.1, -0.05) is 0 Å². The van der Waals surface area contributed by atoms with Gasteiger partial charge in [-0.3, -0.25) is 4.79 Å². The summed E-state index contributed by atoms with van der Waals surface area (Å²) in [6.45, 7) is 1.69. The molecule has 3 nitrogen and oxygen atoms in total. The lowest BCUT2D eigenvalue weighted by Gasteiger charge is -2.13. The molecule has 1 aromatic rings. The second-order valence-corrected chi connectivity index (χ2v) is 3.89. The average molecular weight is 245 g/mol. The number of hydrogen-bond acceptors (Lipinski definition) is 2. The third-order valence-electron chi connectivity index (χ3n) is 2.38.